The highest BCUT2D eigenvalue weighted by atomic mass is 31.0. The number of rotatable bonds is 1. The van der Waals surface area contributed by atoms with Gasteiger partial charge in [-0.05, 0) is 24.3 Å². The van der Waals surface area contributed by atoms with Crippen molar-refractivity contribution in [3.8, 4) is 11.5 Å². The lowest BCUT2D eigenvalue weighted by molar-refractivity contribution is 0.474. The third kappa shape index (κ3) is 1.58. The third-order valence-corrected chi connectivity index (χ3v) is 1.24. The van der Waals surface area contributed by atoms with Crippen LogP contribution in [0.3, 0.4) is 0 Å². The van der Waals surface area contributed by atoms with Crippen LogP contribution in [0.25, 0.3) is 0 Å². The molecule has 0 amide bonds. The van der Waals surface area contributed by atoms with Gasteiger partial charge in [-0.25, -0.2) is 0 Å². The minimum Gasteiger partial charge on any atom is -0.508 e. The molecule has 1 aromatic rings. The molecule has 0 spiro atoms. The van der Waals surface area contributed by atoms with E-state index in [4.69, 9.17) is 9.63 Å². The van der Waals surface area contributed by atoms with Crippen molar-refractivity contribution in [2.24, 2.45) is 0 Å². The Hall–Kier alpha value is -0.750. The normalized spacial score (nSPS) is 9.00. The average Bonchev–Trinajstić information content (AvgIpc) is 1.90. The Labute approximate surface area is 55.8 Å². The Morgan fingerprint density at radius 2 is 1.78 bits per heavy atom. The van der Waals surface area contributed by atoms with Crippen molar-refractivity contribution in [3.05, 3.63) is 24.3 Å². The molecule has 3 heteroatoms. The van der Waals surface area contributed by atoms with Crippen molar-refractivity contribution in [1.82, 2.24) is 0 Å². The Kier molecular flexibility index (Phi) is 1.91. The van der Waals surface area contributed by atoms with Gasteiger partial charge in [0.1, 0.15) is 11.5 Å². The first-order chi connectivity index (χ1) is 4.33. The summed E-state index contributed by atoms with van der Waals surface area (Å²) in [6, 6.07) is 6.50. The maximum absolute atomic E-state index is 8.79. The van der Waals surface area contributed by atoms with Crippen molar-refractivity contribution in [2.45, 2.75) is 0 Å². The van der Waals surface area contributed by atoms with E-state index in [0.717, 1.165) is 5.75 Å². The number of phenolic OH excluding ortho intramolecular Hbond substituents is 1. The Morgan fingerprint density at radius 1 is 1.22 bits per heavy atom. The molecular formula is C6H7O2P. The summed E-state index contributed by atoms with van der Waals surface area (Å²) in [5.74, 6) is 0.971. The Balaban J connectivity index is 2.88. The molecule has 0 radical (unpaired) electrons. The van der Waals surface area contributed by atoms with Gasteiger partial charge in [0.25, 0.3) is 0 Å². The van der Waals surface area contributed by atoms with Crippen molar-refractivity contribution < 1.29 is 9.63 Å². The Morgan fingerprint density at radius 3 is 2.22 bits per heavy atom. The van der Waals surface area contributed by atoms with Gasteiger partial charge in [-0.1, -0.05) is 0 Å². The van der Waals surface area contributed by atoms with E-state index in [9.17, 15) is 0 Å². The molecule has 0 aliphatic rings. The summed E-state index contributed by atoms with van der Waals surface area (Å²) in [5.41, 5.74) is 0. The SMILES string of the molecule is Oc1ccc(OP)cc1. The molecule has 9 heavy (non-hydrogen) atoms. The number of hydrogen-bond acceptors (Lipinski definition) is 2. The molecular weight excluding hydrogens is 135 g/mol. The van der Waals surface area contributed by atoms with Crippen molar-refractivity contribution in [3.63, 3.8) is 0 Å². The molecule has 0 heterocycles. The number of phenols is 1. The maximum Gasteiger partial charge on any atom is 0.122 e. The van der Waals surface area contributed by atoms with Gasteiger partial charge in [0.05, 0.1) is 9.47 Å². The highest BCUT2D eigenvalue weighted by molar-refractivity contribution is 7.10. The predicted octanol–water partition coefficient (Wildman–Crippen LogP) is 1.56. The first-order valence-electron chi connectivity index (χ1n) is 2.48. The molecule has 1 atom stereocenters. The lowest BCUT2D eigenvalue weighted by atomic mass is 10.3. The van der Waals surface area contributed by atoms with Crippen molar-refractivity contribution in [1.29, 1.82) is 0 Å². The second-order valence-electron chi connectivity index (χ2n) is 1.61. The highest BCUT2D eigenvalue weighted by Crippen LogP contribution is 2.16. The van der Waals surface area contributed by atoms with Gasteiger partial charge in [-0.3, -0.25) is 0 Å². The predicted molar refractivity (Wildman–Crippen MR) is 38.4 cm³/mol. The van der Waals surface area contributed by atoms with Crippen LogP contribution < -0.4 is 4.52 Å². The number of benzene rings is 1. The fourth-order valence-electron chi connectivity index (χ4n) is 0.525. The maximum atomic E-state index is 8.79. The highest BCUT2D eigenvalue weighted by Gasteiger charge is 1.87. The Bertz CT molecular complexity index is 183. The lowest BCUT2D eigenvalue weighted by Gasteiger charge is -1.96. The van der Waals surface area contributed by atoms with Crippen LogP contribution >= 0.6 is 9.47 Å². The summed E-state index contributed by atoms with van der Waals surface area (Å²) in [5, 5.41) is 8.79. The van der Waals surface area contributed by atoms with Crippen LogP contribution in [0.2, 0.25) is 0 Å². The summed E-state index contributed by atoms with van der Waals surface area (Å²) >= 11 is 0. The molecule has 1 N–H and O–H groups in total. The largest absolute Gasteiger partial charge is 0.508 e. The summed E-state index contributed by atoms with van der Waals surface area (Å²) in [4.78, 5) is 0. The van der Waals surface area contributed by atoms with Crippen LogP contribution in [0.5, 0.6) is 11.5 Å². The first kappa shape index (κ1) is 6.37. The van der Waals surface area contributed by atoms with Gasteiger partial charge in [-0.15, -0.1) is 0 Å². The fourth-order valence-corrected chi connectivity index (χ4v) is 0.682. The van der Waals surface area contributed by atoms with Crippen LogP contribution in [0.15, 0.2) is 24.3 Å². The molecule has 0 saturated heterocycles. The molecule has 0 saturated carbocycles. The molecule has 0 aliphatic carbocycles. The van der Waals surface area contributed by atoms with E-state index in [-0.39, 0.29) is 5.75 Å². The van der Waals surface area contributed by atoms with Gasteiger partial charge < -0.3 is 9.63 Å². The first-order valence-corrected chi connectivity index (χ1v) is 2.96. The fraction of sp³-hybridized carbons (Fsp3) is 0. The van der Waals surface area contributed by atoms with Crippen LogP contribution in [-0.4, -0.2) is 5.11 Å². The summed E-state index contributed by atoms with van der Waals surface area (Å²) in [6.07, 6.45) is 0. The van der Waals surface area contributed by atoms with E-state index >= 15 is 0 Å². The van der Waals surface area contributed by atoms with Crippen molar-refractivity contribution in [2.75, 3.05) is 0 Å². The van der Waals surface area contributed by atoms with E-state index in [1.54, 1.807) is 24.3 Å². The molecule has 0 bridgehead atoms. The lowest BCUT2D eigenvalue weighted by Crippen LogP contribution is -1.70. The van der Waals surface area contributed by atoms with Crippen LogP contribution in [-0.2, 0) is 0 Å². The van der Waals surface area contributed by atoms with Gasteiger partial charge in [0.15, 0.2) is 0 Å². The smallest absolute Gasteiger partial charge is 0.122 e. The molecule has 1 unspecified atom stereocenters. The molecule has 0 aromatic heterocycles. The average molecular weight is 142 g/mol. The summed E-state index contributed by atoms with van der Waals surface area (Å²) in [7, 11) is 2.13. The number of hydrogen-bond donors (Lipinski definition) is 1. The monoisotopic (exact) mass is 142 g/mol. The van der Waals surface area contributed by atoms with E-state index in [1.807, 2.05) is 0 Å². The molecule has 0 aliphatic heterocycles. The quantitative estimate of drug-likeness (QED) is 0.603. The van der Waals surface area contributed by atoms with Crippen LogP contribution in [0, 0.1) is 0 Å². The minimum atomic E-state index is 0.251. The van der Waals surface area contributed by atoms with Gasteiger partial charge in [-0.2, -0.15) is 0 Å². The zero-order chi connectivity index (χ0) is 6.69. The number of aromatic hydroxyl groups is 1. The van der Waals surface area contributed by atoms with E-state index < -0.39 is 0 Å². The summed E-state index contributed by atoms with van der Waals surface area (Å²) < 4.78 is 4.77. The molecule has 48 valence electrons. The molecule has 1 rings (SSSR count). The minimum absolute atomic E-state index is 0.251. The molecule has 0 fully saturated rings. The molecule has 1 aromatic carbocycles. The zero-order valence-corrected chi connectivity index (χ0v) is 5.90. The van der Waals surface area contributed by atoms with Crippen molar-refractivity contribution >= 4 is 9.47 Å². The van der Waals surface area contributed by atoms with Crippen LogP contribution in [0.1, 0.15) is 0 Å². The molecule has 2 nitrogen and oxygen atoms in total. The van der Waals surface area contributed by atoms with Gasteiger partial charge in [0.2, 0.25) is 0 Å². The second-order valence-corrected chi connectivity index (χ2v) is 1.85. The van der Waals surface area contributed by atoms with Gasteiger partial charge >= 0.3 is 0 Å². The van der Waals surface area contributed by atoms with Gasteiger partial charge in [0, 0.05) is 0 Å². The standard InChI is InChI=1S/C6H7O2P/c7-5-1-3-6(8-9)4-2-5/h1-4,7H,9H2. The third-order valence-electron chi connectivity index (χ3n) is 0.973. The van der Waals surface area contributed by atoms with E-state index in [0.29, 0.717) is 0 Å². The topological polar surface area (TPSA) is 29.5 Å². The summed E-state index contributed by atoms with van der Waals surface area (Å²) in [6.45, 7) is 0. The zero-order valence-electron chi connectivity index (χ0n) is 4.74. The van der Waals surface area contributed by atoms with E-state index in [2.05, 4.69) is 9.47 Å². The second kappa shape index (κ2) is 2.70. The van der Waals surface area contributed by atoms with Crippen LogP contribution in [0.4, 0.5) is 0 Å². The van der Waals surface area contributed by atoms with E-state index in [1.165, 1.54) is 0 Å².